The molecule has 5 rings (SSSR count). The molecule has 0 unspecified atom stereocenters. The molecule has 0 nitrogen and oxygen atoms in total. The van der Waals surface area contributed by atoms with Crippen molar-refractivity contribution in [3.8, 4) is 0 Å². The molecular weight excluding hydrogens is 276 g/mol. The Balaban J connectivity index is 0.000000365. The minimum atomic E-state index is 1.15. The average molecular weight is 302 g/mol. The van der Waals surface area contributed by atoms with E-state index in [2.05, 4.69) is 48.5 Å². The topological polar surface area (TPSA) is 0 Å². The van der Waals surface area contributed by atoms with Gasteiger partial charge in [-0.3, -0.25) is 0 Å². The predicted octanol–water partition coefficient (Wildman–Crippen LogP) is 6.46. The lowest BCUT2D eigenvalue weighted by molar-refractivity contribution is 1.13. The zero-order valence-electron chi connectivity index (χ0n) is 14.7. The van der Waals surface area contributed by atoms with Crippen LogP contribution < -0.4 is 0 Å². The van der Waals surface area contributed by atoms with E-state index in [0.29, 0.717) is 0 Å². The molecule has 23 heavy (non-hydrogen) atoms. The van der Waals surface area contributed by atoms with Gasteiger partial charge in [0.05, 0.1) is 0 Å². The van der Waals surface area contributed by atoms with Gasteiger partial charge >= 0.3 is 0 Å². The van der Waals surface area contributed by atoms with E-state index in [1.807, 2.05) is 27.7 Å². The maximum Gasteiger partial charge on any atom is -0.000777 e. The molecule has 0 bridgehead atoms. The SMILES string of the molecule is CC.CC.c1ccc2c(c1)CC1=C2CC2=C1Cc1ccccc12. The van der Waals surface area contributed by atoms with E-state index in [1.54, 1.807) is 22.3 Å². The lowest BCUT2D eigenvalue weighted by atomic mass is 9.97. The fraction of sp³-hybridized carbons (Fsp3) is 0.304. The van der Waals surface area contributed by atoms with Gasteiger partial charge in [-0.15, -0.1) is 0 Å². The van der Waals surface area contributed by atoms with Crippen molar-refractivity contribution in [1.29, 1.82) is 0 Å². The molecule has 0 radical (unpaired) electrons. The van der Waals surface area contributed by atoms with Gasteiger partial charge in [0.25, 0.3) is 0 Å². The predicted molar refractivity (Wildman–Crippen MR) is 101 cm³/mol. The molecule has 0 saturated carbocycles. The molecule has 3 aliphatic carbocycles. The van der Waals surface area contributed by atoms with E-state index >= 15 is 0 Å². The summed E-state index contributed by atoms with van der Waals surface area (Å²) in [5.74, 6) is 0. The van der Waals surface area contributed by atoms with Gasteiger partial charge < -0.3 is 0 Å². The Morgan fingerprint density at radius 1 is 0.478 bits per heavy atom. The number of hydrogen-bond acceptors (Lipinski definition) is 0. The van der Waals surface area contributed by atoms with E-state index in [1.165, 1.54) is 22.3 Å². The molecule has 0 N–H and O–H groups in total. The molecule has 0 aromatic heterocycles. The molecule has 0 fully saturated rings. The molecular formula is C23H26. The summed E-state index contributed by atoms with van der Waals surface area (Å²) < 4.78 is 0. The largest absolute Gasteiger partial charge is 0.0683 e. The lowest BCUT2D eigenvalue weighted by Crippen LogP contribution is -1.90. The smallest absolute Gasteiger partial charge is 0.000777 e. The van der Waals surface area contributed by atoms with Crippen molar-refractivity contribution in [2.24, 2.45) is 0 Å². The second-order valence-corrected chi connectivity index (χ2v) is 5.76. The molecule has 0 heterocycles. The lowest BCUT2D eigenvalue weighted by Gasteiger charge is -2.07. The first kappa shape index (κ1) is 15.8. The minimum Gasteiger partial charge on any atom is -0.0683 e. The van der Waals surface area contributed by atoms with Crippen LogP contribution in [0.15, 0.2) is 59.7 Å². The molecule has 2 aromatic carbocycles. The number of allylic oxidation sites excluding steroid dienone is 4. The van der Waals surface area contributed by atoms with E-state index in [0.717, 1.165) is 19.3 Å². The van der Waals surface area contributed by atoms with Gasteiger partial charge in [0.2, 0.25) is 0 Å². The summed E-state index contributed by atoms with van der Waals surface area (Å²) in [7, 11) is 0. The summed E-state index contributed by atoms with van der Waals surface area (Å²) in [5, 5.41) is 0. The van der Waals surface area contributed by atoms with Crippen LogP contribution >= 0.6 is 0 Å². The number of fused-ring (bicyclic) bond motifs is 5. The van der Waals surface area contributed by atoms with Crippen LogP contribution in [0.2, 0.25) is 0 Å². The fourth-order valence-corrected chi connectivity index (χ4v) is 4.02. The summed E-state index contributed by atoms with van der Waals surface area (Å²) in [6.45, 7) is 8.00. The first-order valence-electron chi connectivity index (χ1n) is 9.03. The fourth-order valence-electron chi connectivity index (χ4n) is 4.02. The van der Waals surface area contributed by atoms with Crippen LogP contribution in [-0.2, 0) is 12.8 Å². The summed E-state index contributed by atoms with van der Waals surface area (Å²) >= 11 is 0. The van der Waals surface area contributed by atoms with Crippen LogP contribution in [0.5, 0.6) is 0 Å². The van der Waals surface area contributed by atoms with Crippen LogP contribution in [0.4, 0.5) is 0 Å². The molecule has 0 aliphatic heterocycles. The average Bonchev–Trinajstić information content (AvgIpc) is 3.27. The Morgan fingerprint density at radius 3 is 1.30 bits per heavy atom. The molecule has 0 atom stereocenters. The van der Waals surface area contributed by atoms with Gasteiger partial charge in [-0.1, -0.05) is 76.2 Å². The van der Waals surface area contributed by atoms with Crippen molar-refractivity contribution in [3.63, 3.8) is 0 Å². The first-order valence-corrected chi connectivity index (χ1v) is 9.03. The van der Waals surface area contributed by atoms with Gasteiger partial charge in [0, 0.05) is 0 Å². The Hall–Kier alpha value is -2.08. The third kappa shape index (κ3) is 2.37. The van der Waals surface area contributed by atoms with Crippen molar-refractivity contribution in [3.05, 3.63) is 81.9 Å². The molecule has 0 heteroatoms. The van der Waals surface area contributed by atoms with E-state index in [-0.39, 0.29) is 0 Å². The van der Waals surface area contributed by atoms with Crippen molar-refractivity contribution >= 4 is 11.1 Å². The Labute approximate surface area is 140 Å². The van der Waals surface area contributed by atoms with Crippen LogP contribution in [0.3, 0.4) is 0 Å². The van der Waals surface area contributed by atoms with Crippen molar-refractivity contribution < 1.29 is 0 Å². The Bertz CT molecular complexity index is 720. The van der Waals surface area contributed by atoms with Gasteiger partial charge in [0.15, 0.2) is 0 Å². The van der Waals surface area contributed by atoms with E-state index in [4.69, 9.17) is 0 Å². The monoisotopic (exact) mass is 302 g/mol. The highest BCUT2D eigenvalue weighted by Gasteiger charge is 2.35. The standard InChI is InChI=1S/C19H14.2C2H6/c1-3-7-14-12(5-1)9-16-17-10-13-6-2-4-8-15(13)19(17)11-18(14)16;2*1-2/h1-8H,9-11H2;2*1-2H3. The second kappa shape index (κ2) is 6.58. The quantitative estimate of drug-likeness (QED) is 0.523. The van der Waals surface area contributed by atoms with Gasteiger partial charge in [-0.25, -0.2) is 0 Å². The van der Waals surface area contributed by atoms with Crippen molar-refractivity contribution in [1.82, 2.24) is 0 Å². The zero-order valence-corrected chi connectivity index (χ0v) is 14.7. The van der Waals surface area contributed by atoms with Crippen LogP contribution in [0, 0.1) is 0 Å². The summed E-state index contributed by atoms with van der Waals surface area (Å²) in [5.41, 5.74) is 12.5. The summed E-state index contributed by atoms with van der Waals surface area (Å²) in [6.07, 6.45) is 3.45. The second-order valence-electron chi connectivity index (χ2n) is 5.76. The van der Waals surface area contributed by atoms with Crippen molar-refractivity contribution in [2.75, 3.05) is 0 Å². The Morgan fingerprint density at radius 2 is 0.870 bits per heavy atom. The third-order valence-electron chi connectivity index (χ3n) is 4.87. The van der Waals surface area contributed by atoms with E-state index < -0.39 is 0 Å². The molecule has 0 saturated heterocycles. The number of hydrogen-bond donors (Lipinski definition) is 0. The highest BCUT2D eigenvalue weighted by atomic mass is 14.4. The summed E-state index contributed by atoms with van der Waals surface area (Å²) in [6, 6.07) is 17.8. The Kier molecular flexibility index (Phi) is 4.52. The zero-order chi connectivity index (χ0) is 16.4. The number of rotatable bonds is 0. The van der Waals surface area contributed by atoms with Gasteiger partial charge in [-0.05, 0) is 63.8 Å². The maximum absolute atomic E-state index is 2.30. The third-order valence-corrected chi connectivity index (χ3v) is 4.87. The highest BCUT2D eigenvalue weighted by molar-refractivity contribution is 5.98. The minimum absolute atomic E-state index is 1.15. The van der Waals surface area contributed by atoms with Crippen LogP contribution in [0.1, 0.15) is 56.4 Å². The van der Waals surface area contributed by atoms with Crippen molar-refractivity contribution in [2.45, 2.75) is 47.0 Å². The highest BCUT2D eigenvalue weighted by Crippen LogP contribution is 2.53. The molecule has 2 aromatic rings. The van der Waals surface area contributed by atoms with Crippen LogP contribution in [-0.4, -0.2) is 0 Å². The van der Waals surface area contributed by atoms with Gasteiger partial charge in [0.1, 0.15) is 0 Å². The van der Waals surface area contributed by atoms with Crippen LogP contribution in [0.25, 0.3) is 11.1 Å². The number of benzene rings is 2. The molecule has 0 amide bonds. The maximum atomic E-state index is 2.30. The molecule has 0 spiro atoms. The normalized spacial score (nSPS) is 15.8. The first-order chi connectivity index (χ1) is 11.4. The molecule has 3 aliphatic rings. The van der Waals surface area contributed by atoms with Gasteiger partial charge in [-0.2, -0.15) is 0 Å². The summed E-state index contributed by atoms with van der Waals surface area (Å²) in [4.78, 5) is 0. The molecule has 118 valence electrons. The van der Waals surface area contributed by atoms with E-state index in [9.17, 15) is 0 Å².